The van der Waals surface area contributed by atoms with Crippen LogP contribution in [-0.4, -0.2) is 26.8 Å². The predicted octanol–water partition coefficient (Wildman–Crippen LogP) is 2.75. The number of aromatic nitrogens is 4. The second-order valence-corrected chi connectivity index (χ2v) is 6.09. The molecule has 6 nitrogen and oxygen atoms in total. The lowest BCUT2D eigenvalue weighted by atomic mass is 10.2. The Morgan fingerprint density at radius 3 is 3.00 bits per heavy atom. The van der Waals surface area contributed by atoms with Crippen LogP contribution in [0.1, 0.15) is 16.9 Å². The third kappa shape index (κ3) is 2.65. The molecule has 0 aliphatic heterocycles. The highest BCUT2D eigenvalue weighted by atomic mass is 32.1. The first-order valence-corrected chi connectivity index (χ1v) is 7.86. The van der Waals surface area contributed by atoms with Crippen molar-refractivity contribution in [1.82, 2.24) is 19.7 Å². The Kier molecular flexibility index (Phi) is 4.02. The van der Waals surface area contributed by atoms with Crippen LogP contribution in [0, 0.1) is 18.3 Å². The zero-order valence-electron chi connectivity index (χ0n) is 12.5. The summed E-state index contributed by atoms with van der Waals surface area (Å²) in [5.41, 5.74) is 2.07. The molecule has 0 amide bonds. The van der Waals surface area contributed by atoms with Crippen molar-refractivity contribution >= 4 is 28.2 Å². The monoisotopic (exact) mass is 312 g/mol. The van der Waals surface area contributed by atoms with E-state index in [2.05, 4.69) is 44.4 Å². The predicted molar refractivity (Wildman–Crippen MR) is 86.7 cm³/mol. The molecule has 3 aromatic rings. The smallest absolute Gasteiger partial charge is 0.163 e. The Balaban J connectivity index is 1.92. The minimum absolute atomic E-state index is 0.417. The van der Waals surface area contributed by atoms with Gasteiger partial charge in [0, 0.05) is 11.9 Å². The van der Waals surface area contributed by atoms with Crippen LogP contribution in [0.15, 0.2) is 24.0 Å². The fourth-order valence-corrected chi connectivity index (χ4v) is 3.32. The van der Waals surface area contributed by atoms with E-state index < -0.39 is 0 Å². The second kappa shape index (κ2) is 6.12. The first kappa shape index (κ1) is 14.5. The lowest BCUT2D eigenvalue weighted by Gasteiger charge is -2.18. The molecule has 0 bridgehead atoms. The SMILES string of the molecule is Cc1ccsc1CN(C)c1ncnc2c1cnn2CCC#N. The van der Waals surface area contributed by atoms with Crippen LogP contribution in [0.25, 0.3) is 11.0 Å². The minimum atomic E-state index is 0.417. The van der Waals surface area contributed by atoms with Gasteiger partial charge in [0.2, 0.25) is 0 Å². The fraction of sp³-hybridized carbons (Fsp3) is 0.333. The third-order valence-corrected chi connectivity index (χ3v) is 4.57. The topological polar surface area (TPSA) is 70.6 Å². The van der Waals surface area contributed by atoms with Crippen molar-refractivity contribution in [3.8, 4) is 6.07 Å². The van der Waals surface area contributed by atoms with Crippen molar-refractivity contribution < 1.29 is 0 Å². The van der Waals surface area contributed by atoms with E-state index in [1.807, 2.05) is 7.05 Å². The van der Waals surface area contributed by atoms with Gasteiger partial charge in [-0.1, -0.05) is 0 Å². The molecule has 3 aromatic heterocycles. The third-order valence-electron chi connectivity index (χ3n) is 3.56. The molecule has 0 saturated heterocycles. The van der Waals surface area contributed by atoms with E-state index in [-0.39, 0.29) is 0 Å². The van der Waals surface area contributed by atoms with Gasteiger partial charge in [0.15, 0.2) is 5.65 Å². The van der Waals surface area contributed by atoms with Gasteiger partial charge in [-0.25, -0.2) is 14.6 Å². The summed E-state index contributed by atoms with van der Waals surface area (Å²) in [4.78, 5) is 12.2. The van der Waals surface area contributed by atoms with E-state index in [1.54, 1.807) is 28.5 Å². The summed E-state index contributed by atoms with van der Waals surface area (Å²) in [6, 6.07) is 4.26. The standard InChI is InChI=1S/C15H16N6S/c1-11-4-7-22-13(11)9-20(2)14-12-8-19-21(6-3-5-16)15(12)18-10-17-14/h4,7-8,10H,3,6,9H2,1-2H3. The maximum Gasteiger partial charge on any atom is 0.163 e. The lowest BCUT2D eigenvalue weighted by Crippen LogP contribution is -2.18. The number of hydrogen-bond donors (Lipinski definition) is 0. The molecule has 0 unspecified atom stereocenters. The zero-order chi connectivity index (χ0) is 15.5. The number of aryl methyl sites for hydroxylation is 2. The van der Waals surface area contributed by atoms with Crippen LogP contribution in [0.4, 0.5) is 5.82 Å². The van der Waals surface area contributed by atoms with E-state index in [9.17, 15) is 0 Å². The number of anilines is 1. The van der Waals surface area contributed by atoms with Crippen LogP contribution < -0.4 is 4.90 Å². The van der Waals surface area contributed by atoms with Gasteiger partial charge in [0.1, 0.15) is 12.1 Å². The Morgan fingerprint density at radius 1 is 1.41 bits per heavy atom. The highest BCUT2D eigenvalue weighted by molar-refractivity contribution is 7.10. The van der Waals surface area contributed by atoms with Gasteiger partial charge in [-0.15, -0.1) is 11.3 Å². The van der Waals surface area contributed by atoms with Crippen LogP contribution in [0.2, 0.25) is 0 Å². The van der Waals surface area contributed by atoms with Crippen molar-refractivity contribution in [1.29, 1.82) is 5.26 Å². The van der Waals surface area contributed by atoms with Gasteiger partial charge in [-0.2, -0.15) is 10.4 Å². The molecule has 0 aliphatic carbocycles. The van der Waals surface area contributed by atoms with Crippen molar-refractivity contribution in [3.05, 3.63) is 34.4 Å². The molecule has 3 heterocycles. The number of hydrogen-bond acceptors (Lipinski definition) is 6. The first-order valence-electron chi connectivity index (χ1n) is 6.98. The van der Waals surface area contributed by atoms with Gasteiger partial charge in [0.25, 0.3) is 0 Å². The summed E-state index contributed by atoms with van der Waals surface area (Å²) < 4.78 is 1.76. The Labute approximate surface area is 132 Å². The molecule has 0 fully saturated rings. The highest BCUT2D eigenvalue weighted by Crippen LogP contribution is 2.25. The molecule has 0 saturated carbocycles. The molecule has 0 aliphatic rings. The number of fused-ring (bicyclic) bond motifs is 1. The summed E-state index contributed by atoms with van der Waals surface area (Å²) in [6.45, 7) is 3.47. The van der Waals surface area contributed by atoms with Crippen LogP contribution in [0.3, 0.4) is 0 Å². The molecule has 112 valence electrons. The maximum atomic E-state index is 8.72. The van der Waals surface area contributed by atoms with Gasteiger partial charge in [-0.05, 0) is 23.9 Å². The highest BCUT2D eigenvalue weighted by Gasteiger charge is 2.14. The number of nitriles is 1. The van der Waals surface area contributed by atoms with E-state index in [0.717, 1.165) is 23.4 Å². The van der Waals surface area contributed by atoms with Gasteiger partial charge in [-0.3, -0.25) is 0 Å². The molecule has 0 aromatic carbocycles. The van der Waals surface area contributed by atoms with Gasteiger partial charge in [0.05, 0.1) is 37.2 Å². The molecule has 3 rings (SSSR count). The molecular weight excluding hydrogens is 296 g/mol. The van der Waals surface area contributed by atoms with Crippen molar-refractivity contribution in [2.24, 2.45) is 0 Å². The first-order chi connectivity index (χ1) is 10.7. The lowest BCUT2D eigenvalue weighted by molar-refractivity contribution is 0.643. The van der Waals surface area contributed by atoms with E-state index in [0.29, 0.717) is 13.0 Å². The van der Waals surface area contributed by atoms with E-state index >= 15 is 0 Å². The minimum Gasteiger partial charge on any atom is -0.354 e. The largest absolute Gasteiger partial charge is 0.354 e. The average Bonchev–Trinajstić information content (AvgIpc) is 3.11. The molecule has 0 spiro atoms. The van der Waals surface area contributed by atoms with Crippen molar-refractivity contribution in [2.75, 3.05) is 11.9 Å². The number of rotatable bonds is 5. The van der Waals surface area contributed by atoms with Gasteiger partial charge < -0.3 is 4.90 Å². The molecule has 22 heavy (non-hydrogen) atoms. The summed E-state index contributed by atoms with van der Waals surface area (Å²) >= 11 is 1.75. The maximum absolute atomic E-state index is 8.72. The summed E-state index contributed by atoms with van der Waals surface area (Å²) in [5, 5.41) is 16.1. The molecular formula is C15H16N6S. The normalized spacial score (nSPS) is 10.8. The number of nitrogens with zero attached hydrogens (tertiary/aromatic N) is 6. The quantitative estimate of drug-likeness (QED) is 0.724. The van der Waals surface area contributed by atoms with E-state index in [1.165, 1.54) is 10.4 Å². The summed E-state index contributed by atoms with van der Waals surface area (Å²) in [7, 11) is 2.02. The van der Waals surface area contributed by atoms with Crippen LogP contribution in [-0.2, 0) is 13.1 Å². The summed E-state index contributed by atoms with van der Waals surface area (Å²) in [5.74, 6) is 0.862. The second-order valence-electron chi connectivity index (χ2n) is 5.09. The molecule has 7 heteroatoms. The molecule has 0 atom stereocenters. The Bertz CT molecular complexity index is 828. The van der Waals surface area contributed by atoms with Crippen molar-refractivity contribution in [3.63, 3.8) is 0 Å². The fourth-order valence-electron chi connectivity index (χ4n) is 2.36. The molecule has 0 radical (unpaired) electrons. The summed E-state index contributed by atoms with van der Waals surface area (Å²) in [6.07, 6.45) is 3.75. The average molecular weight is 312 g/mol. The zero-order valence-corrected chi connectivity index (χ0v) is 13.3. The van der Waals surface area contributed by atoms with Crippen molar-refractivity contribution in [2.45, 2.75) is 26.4 Å². The molecule has 0 N–H and O–H groups in total. The van der Waals surface area contributed by atoms with Gasteiger partial charge >= 0.3 is 0 Å². The number of thiophene rings is 1. The Morgan fingerprint density at radius 2 is 2.27 bits per heavy atom. The Hall–Kier alpha value is -2.46. The van der Waals surface area contributed by atoms with E-state index in [4.69, 9.17) is 5.26 Å². The van der Waals surface area contributed by atoms with Crippen LogP contribution in [0.5, 0.6) is 0 Å². The van der Waals surface area contributed by atoms with Crippen LogP contribution >= 0.6 is 11.3 Å².